The molecule has 1 heterocycles. The Morgan fingerprint density at radius 2 is 1.59 bits per heavy atom. The lowest BCUT2D eigenvalue weighted by molar-refractivity contribution is 0.0734. The molecule has 2 aromatic carbocycles. The molecule has 1 amide bonds. The normalized spacial score (nSPS) is 10.6. The minimum Gasteiger partial charge on any atom is -0.423 e. The zero-order valence-corrected chi connectivity index (χ0v) is 14.6. The van der Waals surface area contributed by atoms with Crippen molar-refractivity contribution in [3.05, 3.63) is 95.3 Å². The van der Waals surface area contributed by atoms with E-state index in [1.54, 1.807) is 48.5 Å². The van der Waals surface area contributed by atoms with Gasteiger partial charge in [0.15, 0.2) is 0 Å². The quantitative estimate of drug-likeness (QED) is 0.328. The molecule has 6 heteroatoms. The highest BCUT2D eigenvalue weighted by molar-refractivity contribution is 5.94. The SMILES string of the molecule is Cc1ccc(C(=O)Oc2ccc(/C=N/NC(=O)c3ccncc3)cc2)cc1. The summed E-state index contributed by atoms with van der Waals surface area (Å²) in [5.74, 6) is -0.308. The minimum absolute atomic E-state index is 0.322. The number of rotatable bonds is 5. The maximum atomic E-state index is 12.1. The van der Waals surface area contributed by atoms with Crippen LogP contribution >= 0.6 is 0 Å². The molecule has 0 spiro atoms. The van der Waals surface area contributed by atoms with Crippen molar-refractivity contribution in [3.63, 3.8) is 0 Å². The smallest absolute Gasteiger partial charge is 0.343 e. The number of carbonyl (C=O) groups excluding carboxylic acids is 2. The van der Waals surface area contributed by atoms with Crippen LogP contribution in [0.2, 0.25) is 0 Å². The molecule has 0 unspecified atom stereocenters. The van der Waals surface area contributed by atoms with E-state index in [1.807, 2.05) is 19.1 Å². The van der Waals surface area contributed by atoms with Crippen molar-refractivity contribution in [2.24, 2.45) is 5.10 Å². The zero-order chi connectivity index (χ0) is 19.1. The maximum Gasteiger partial charge on any atom is 0.343 e. The van der Waals surface area contributed by atoms with Crippen LogP contribution in [0.4, 0.5) is 0 Å². The summed E-state index contributed by atoms with van der Waals surface area (Å²) in [6.45, 7) is 1.95. The Balaban J connectivity index is 1.56. The molecule has 0 saturated heterocycles. The highest BCUT2D eigenvalue weighted by Gasteiger charge is 2.08. The van der Waals surface area contributed by atoms with Crippen LogP contribution in [0.1, 0.15) is 31.8 Å². The molecule has 0 aliphatic heterocycles. The predicted octanol–water partition coefficient (Wildman–Crippen LogP) is 3.37. The van der Waals surface area contributed by atoms with Crippen LogP contribution in [0.15, 0.2) is 78.2 Å². The molecule has 3 rings (SSSR count). The standard InChI is InChI=1S/C21H17N3O3/c1-15-2-6-18(7-3-15)21(26)27-19-8-4-16(5-9-19)14-23-24-20(25)17-10-12-22-13-11-17/h2-14H,1H3,(H,24,25)/b23-14+. The van der Waals surface area contributed by atoms with Gasteiger partial charge in [0.2, 0.25) is 0 Å². The van der Waals surface area contributed by atoms with Crippen LogP contribution in [-0.2, 0) is 0 Å². The van der Waals surface area contributed by atoms with Gasteiger partial charge in [-0.25, -0.2) is 10.2 Å². The fourth-order valence-corrected chi connectivity index (χ4v) is 2.21. The van der Waals surface area contributed by atoms with E-state index in [1.165, 1.54) is 18.6 Å². The van der Waals surface area contributed by atoms with Crippen molar-refractivity contribution < 1.29 is 14.3 Å². The van der Waals surface area contributed by atoms with Gasteiger partial charge in [0.1, 0.15) is 5.75 Å². The average molecular weight is 359 g/mol. The Hall–Kier alpha value is -3.80. The van der Waals surface area contributed by atoms with Crippen molar-refractivity contribution in [2.75, 3.05) is 0 Å². The van der Waals surface area contributed by atoms with Crippen LogP contribution in [0.25, 0.3) is 0 Å². The number of ether oxygens (including phenoxy) is 1. The number of esters is 1. The van der Waals surface area contributed by atoms with Crippen LogP contribution in [0.5, 0.6) is 5.75 Å². The number of hydrogen-bond donors (Lipinski definition) is 1. The van der Waals surface area contributed by atoms with Crippen molar-refractivity contribution in [1.82, 2.24) is 10.4 Å². The molecule has 0 atom stereocenters. The lowest BCUT2D eigenvalue weighted by Crippen LogP contribution is -2.17. The first-order valence-corrected chi connectivity index (χ1v) is 8.24. The molecule has 27 heavy (non-hydrogen) atoms. The van der Waals surface area contributed by atoms with Crippen molar-refractivity contribution in [1.29, 1.82) is 0 Å². The maximum absolute atomic E-state index is 12.1. The van der Waals surface area contributed by atoms with Gasteiger partial charge in [0.05, 0.1) is 11.8 Å². The summed E-state index contributed by atoms with van der Waals surface area (Å²) < 4.78 is 5.34. The van der Waals surface area contributed by atoms with E-state index in [4.69, 9.17) is 4.74 Å². The van der Waals surface area contributed by atoms with E-state index in [-0.39, 0.29) is 5.91 Å². The molecule has 3 aromatic rings. The molecule has 6 nitrogen and oxygen atoms in total. The van der Waals surface area contributed by atoms with E-state index >= 15 is 0 Å². The summed E-state index contributed by atoms with van der Waals surface area (Å²) in [5, 5.41) is 3.91. The first-order chi connectivity index (χ1) is 13.1. The molecule has 0 aliphatic carbocycles. The zero-order valence-electron chi connectivity index (χ0n) is 14.6. The van der Waals surface area contributed by atoms with Crippen LogP contribution < -0.4 is 10.2 Å². The number of hydrazone groups is 1. The molecule has 1 N–H and O–H groups in total. The summed E-state index contributed by atoms with van der Waals surface area (Å²) in [5.41, 5.74) is 5.23. The van der Waals surface area contributed by atoms with Crippen molar-refractivity contribution in [2.45, 2.75) is 6.92 Å². The molecular formula is C21H17N3O3. The fraction of sp³-hybridized carbons (Fsp3) is 0.0476. The van der Waals surface area contributed by atoms with Gasteiger partial charge in [0.25, 0.3) is 5.91 Å². The minimum atomic E-state index is -0.416. The Morgan fingerprint density at radius 3 is 2.26 bits per heavy atom. The summed E-state index contributed by atoms with van der Waals surface area (Å²) >= 11 is 0. The summed E-state index contributed by atoms with van der Waals surface area (Å²) in [6.07, 6.45) is 4.58. The van der Waals surface area contributed by atoms with Crippen molar-refractivity contribution in [3.8, 4) is 5.75 Å². The van der Waals surface area contributed by atoms with E-state index in [0.29, 0.717) is 16.9 Å². The van der Waals surface area contributed by atoms with Crippen LogP contribution in [0.3, 0.4) is 0 Å². The van der Waals surface area contributed by atoms with Gasteiger partial charge in [-0.2, -0.15) is 5.10 Å². The average Bonchev–Trinajstić information content (AvgIpc) is 2.70. The van der Waals surface area contributed by atoms with Gasteiger partial charge in [-0.1, -0.05) is 17.7 Å². The number of nitrogens with one attached hydrogen (secondary N) is 1. The monoisotopic (exact) mass is 359 g/mol. The second kappa shape index (κ2) is 8.53. The second-order valence-electron chi connectivity index (χ2n) is 5.76. The number of nitrogens with zero attached hydrogens (tertiary/aromatic N) is 2. The lowest BCUT2D eigenvalue weighted by Gasteiger charge is -2.05. The van der Waals surface area contributed by atoms with E-state index in [9.17, 15) is 9.59 Å². The number of benzene rings is 2. The van der Waals surface area contributed by atoms with Crippen molar-refractivity contribution >= 4 is 18.1 Å². The summed E-state index contributed by atoms with van der Waals surface area (Å²) in [7, 11) is 0. The van der Waals surface area contributed by atoms with E-state index in [2.05, 4.69) is 15.5 Å². The number of amides is 1. The Bertz CT molecular complexity index is 950. The predicted molar refractivity (Wildman–Crippen MR) is 102 cm³/mol. The van der Waals surface area contributed by atoms with Gasteiger partial charge >= 0.3 is 5.97 Å². The number of aromatic nitrogens is 1. The molecule has 1 aromatic heterocycles. The third kappa shape index (κ3) is 5.09. The number of hydrogen-bond acceptors (Lipinski definition) is 5. The molecule has 0 saturated carbocycles. The van der Waals surface area contributed by atoms with Gasteiger partial charge in [-0.15, -0.1) is 0 Å². The summed E-state index contributed by atoms with van der Waals surface area (Å²) in [6, 6.07) is 17.2. The van der Waals surface area contributed by atoms with Gasteiger partial charge in [0, 0.05) is 18.0 Å². The Morgan fingerprint density at radius 1 is 0.926 bits per heavy atom. The highest BCUT2D eigenvalue weighted by Crippen LogP contribution is 2.14. The Kier molecular flexibility index (Phi) is 5.69. The topological polar surface area (TPSA) is 80.6 Å². The molecule has 134 valence electrons. The fourth-order valence-electron chi connectivity index (χ4n) is 2.21. The summed E-state index contributed by atoms with van der Waals surface area (Å²) in [4.78, 5) is 27.8. The Labute approximate surface area is 156 Å². The third-order valence-corrected chi connectivity index (χ3v) is 3.70. The third-order valence-electron chi connectivity index (χ3n) is 3.70. The van der Waals surface area contributed by atoms with Crippen LogP contribution in [0, 0.1) is 6.92 Å². The molecule has 0 aliphatic rings. The molecule has 0 bridgehead atoms. The van der Waals surface area contributed by atoms with E-state index in [0.717, 1.165) is 11.1 Å². The number of aryl methyl sites for hydroxylation is 1. The van der Waals surface area contributed by atoms with Crippen LogP contribution in [-0.4, -0.2) is 23.1 Å². The number of pyridine rings is 1. The van der Waals surface area contributed by atoms with Gasteiger partial charge in [-0.05, 0) is 61.0 Å². The molecular weight excluding hydrogens is 342 g/mol. The largest absolute Gasteiger partial charge is 0.423 e. The first-order valence-electron chi connectivity index (χ1n) is 8.24. The first kappa shape index (κ1) is 18.0. The van der Waals surface area contributed by atoms with E-state index < -0.39 is 5.97 Å². The highest BCUT2D eigenvalue weighted by atomic mass is 16.5. The van der Waals surface area contributed by atoms with Gasteiger partial charge in [-0.3, -0.25) is 9.78 Å². The molecule has 0 fully saturated rings. The number of carbonyl (C=O) groups is 2. The lowest BCUT2D eigenvalue weighted by atomic mass is 10.1. The van der Waals surface area contributed by atoms with Gasteiger partial charge < -0.3 is 4.74 Å². The molecule has 0 radical (unpaired) electrons. The second-order valence-corrected chi connectivity index (χ2v) is 5.76.